The molecule has 0 spiro atoms. The minimum absolute atomic E-state index is 0.438. The van der Waals surface area contributed by atoms with Crippen molar-refractivity contribution in [3.8, 4) is 0 Å². The first-order chi connectivity index (χ1) is 7.66. The number of nitrogens with one attached hydrogen (secondary N) is 1. The Balaban J connectivity index is 2.04. The highest BCUT2D eigenvalue weighted by Crippen LogP contribution is 2.28. The van der Waals surface area contributed by atoms with E-state index < -0.39 is 0 Å². The maximum Gasteiger partial charge on any atom is 0.0514 e. The molecule has 88 valence electrons. The van der Waals surface area contributed by atoms with Crippen molar-refractivity contribution >= 4 is 37.5 Å². The molecule has 0 radical (unpaired) electrons. The van der Waals surface area contributed by atoms with Crippen molar-refractivity contribution in [1.29, 1.82) is 0 Å². The number of hydrogen-bond donors (Lipinski definition) is 1. The van der Waals surface area contributed by atoms with E-state index in [-0.39, 0.29) is 0 Å². The van der Waals surface area contributed by atoms with Crippen LogP contribution in [0.25, 0.3) is 0 Å². The second kappa shape index (κ2) is 5.52. The Kier molecular flexibility index (Phi) is 4.27. The summed E-state index contributed by atoms with van der Waals surface area (Å²) in [6.07, 6.45) is 1.15. The molecule has 2 atom stereocenters. The second-order valence-corrected chi connectivity index (χ2v) is 5.95. The van der Waals surface area contributed by atoms with E-state index in [0.717, 1.165) is 34.3 Å². The third kappa shape index (κ3) is 2.99. The normalized spacial score (nSPS) is 22.1. The molecule has 1 aromatic carbocycles. The molecule has 0 aromatic heterocycles. The van der Waals surface area contributed by atoms with E-state index >= 15 is 0 Å². The largest absolute Gasteiger partial charge is 0.381 e. The fourth-order valence-corrected chi connectivity index (χ4v) is 2.64. The van der Waals surface area contributed by atoms with E-state index in [4.69, 9.17) is 4.74 Å². The molecule has 2 unspecified atom stereocenters. The lowest BCUT2D eigenvalue weighted by Crippen LogP contribution is -2.26. The minimum atomic E-state index is 0.438. The minimum Gasteiger partial charge on any atom is -0.381 e. The standard InChI is InChI=1S/C12H15Br2NO/c1-8(9-4-5-16-7-9)15-12-6-10(13)2-3-11(12)14/h2-3,6,8-9,15H,4-5,7H2,1H3. The molecule has 1 fully saturated rings. The lowest BCUT2D eigenvalue weighted by atomic mass is 10.0. The quantitative estimate of drug-likeness (QED) is 0.889. The van der Waals surface area contributed by atoms with E-state index in [2.05, 4.69) is 50.2 Å². The molecule has 0 saturated carbocycles. The molecular weight excluding hydrogens is 334 g/mol. The molecule has 1 aromatic rings. The lowest BCUT2D eigenvalue weighted by molar-refractivity contribution is 0.183. The fourth-order valence-electron chi connectivity index (χ4n) is 1.92. The molecule has 16 heavy (non-hydrogen) atoms. The Hall–Kier alpha value is -0.0600. The Morgan fingerprint density at radius 3 is 2.94 bits per heavy atom. The summed E-state index contributed by atoms with van der Waals surface area (Å²) < 4.78 is 7.60. The van der Waals surface area contributed by atoms with Crippen molar-refractivity contribution in [1.82, 2.24) is 0 Å². The molecule has 0 amide bonds. The van der Waals surface area contributed by atoms with Gasteiger partial charge in [0.2, 0.25) is 0 Å². The van der Waals surface area contributed by atoms with Gasteiger partial charge in [-0.3, -0.25) is 0 Å². The summed E-state index contributed by atoms with van der Waals surface area (Å²) in [7, 11) is 0. The highest BCUT2D eigenvalue weighted by molar-refractivity contribution is 9.11. The molecule has 1 aliphatic heterocycles. The van der Waals surface area contributed by atoms with Gasteiger partial charge in [0.1, 0.15) is 0 Å². The summed E-state index contributed by atoms with van der Waals surface area (Å²) in [5.74, 6) is 0.617. The highest BCUT2D eigenvalue weighted by atomic mass is 79.9. The van der Waals surface area contributed by atoms with Crippen LogP contribution in [-0.2, 0) is 4.74 Å². The predicted molar refractivity (Wildman–Crippen MR) is 73.9 cm³/mol. The number of anilines is 1. The first kappa shape index (κ1) is 12.4. The third-order valence-corrected chi connectivity index (χ3v) is 4.17. The SMILES string of the molecule is CC(Nc1cc(Br)ccc1Br)C1CCOC1. The molecular formula is C12H15Br2NO. The van der Waals surface area contributed by atoms with Gasteiger partial charge in [-0.25, -0.2) is 0 Å². The van der Waals surface area contributed by atoms with Crippen molar-refractivity contribution < 1.29 is 4.74 Å². The summed E-state index contributed by atoms with van der Waals surface area (Å²) in [5, 5.41) is 3.54. The van der Waals surface area contributed by atoms with E-state index in [0.29, 0.717) is 12.0 Å². The Labute approximate surface area is 113 Å². The summed E-state index contributed by atoms with van der Waals surface area (Å²) in [6, 6.07) is 6.60. The number of halogens is 2. The molecule has 1 heterocycles. The van der Waals surface area contributed by atoms with Crippen LogP contribution in [0.1, 0.15) is 13.3 Å². The number of benzene rings is 1. The molecule has 0 bridgehead atoms. The van der Waals surface area contributed by atoms with Gasteiger partial charge in [0.15, 0.2) is 0 Å². The first-order valence-electron chi connectivity index (χ1n) is 5.46. The van der Waals surface area contributed by atoms with Crippen LogP contribution < -0.4 is 5.32 Å². The van der Waals surface area contributed by atoms with Crippen molar-refractivity contribution in [2.75, 3.05) is 18.5 Å². The third-order valence-electron chi connectivity index (χ3n) is 2.98. The predicted octanol–water partition coefficient (Wildman–Crippen LogP) is 4.05. The maximum atomic E-state index is 5.41. The van der Waals surface area contributed by atoms with Crippen molar-refractivity contribution in [3.63, 3.8) is 0 Å². The van der Waals surface area contributed by atoms with Crippen LogP contribution in [-0.4, -0.2) is 19.3 Å². The zero-order valence-corrected chi connectivity index (χ0v) is 12.3. The van der Waals surface area contributed by atoms with Crippen LogP contribution in [0.15, 0.2) is 27.1 Å². The van der Waals surface area contributed by atoms with E-state index in [1.807, 2.05) is 12.1 Å². The van der Waals surface area contributed by atoms with Gasteiger partial charge < -0.3 is 10.1 Å². The second-order valence-electron chi connectivity index (χ2n) is 4.18. The van der Waals surface area contributed by atoms with Gasteiger partial charge in [0.05, 0.1) is 6.61 Å². The molecule has 4 heteroatoms. The van der Waals surface area contributed by atoms with Gasteiger partial charge in [-0.2, -0.15) is 0 Å². The molecule has 2 rings (SSSR count). The highest BCUT2D eigenvalue weighted by Gasteiger charge is 2.22. The summed E-state index contributed by atoms with van der Waals surface area (Å²) in [6.45, 7) is 3.99. The number of rotatable bonds is 3. The van der Waals surface area contributed by atoms with Crippen LogP contribution >= 0.6 is 31.9 Å². The maximum absolute atomic E-state index is 5.41. The molecule has 1 N–H and O–H groups in total. The van der Waals surface area contributed by atoms with Gasteiger partial charge >= 0.3 is 0 Å². The molecule has 1 aliphatic rings. The van der Waals surface area contributed by atoms with Crippen molar-refractivity contribution in [3.05, 3.63) is 27.1 Å². The van der Waals surface area contributed by atoms with Gasteiger partial charge in [0.25, 0.3) is 0 Å². The summed E-state index contributed by atoms with van der Waals surface area (Å²) >= 11 is 7.04. The van der Waals surface area contributed by atoms with Crippen LogP contribution in [0.2, 0.25) is 0 Å². The fraction of sp³-hybridized carbons (Fsp3) is 0.500. The van der Waals surface area contributed by atoms with Gasteiger partial charge in [-0.1, -0.05) is 15.9 Å². The van der Waals surface area contributed by atoms with E-state index in [9.17, 15) is 0 Å². The average molecular weight is 349 g/mol. The van der Waals surface area contributed by atoms with Crippen LogP contribution in [0, 0.1) is 5.92 Å². The van der Waals surface area contributed by atoms with Gasteiger partial charge in [0, 0.05) is 33.2 Å². The zero-order chi connectivity index (χ0) is 11.5. The van der Waals surface area contributed by atoms with Gasteiger partial charge in [-0.05, 0) is 47.5 Å². The Morgan fingerprint density at radius 1 is 1.44 bits per heavy atom. The Morgan fingerprint density at radius 2 is 2.25 bits per heavy atom. The summed E-state index contributed by atoms with van der Waals surface area (Å²) in [4.78, 5) is 0. The monoisotopic (exact) mass is 347 g/mol. The average Bonchev–Trinajstić information content (AvgIpc) is 2.76. The first-order valence-corrected chi connectivity index (χ1v) is 7.05. The van der Waals surface area contributed by atoms with Crippen molar-refractivity contribution in [2.45, 2.75) is 19.4 Å². The van der Waals surface area contributed by atoms with Crippen molar-refractivity contribution in [2.24, 2.45) is 5.92 Å². The zero-order valence-electron chi connectivity index (χ0n) is 9.17. The number of ether oxygens (including phenoxy) is 1. The molecule has 2 nitrogen and oxygen atoms in total. The summed E-state index contributed by atoms with van der Waals surface area (Å²) in [5.41, 5.74) is 1.13. The molecule has 0 aliphatic carbocycles. The van der Waals surface area contributed by atoms with Crippen LogP contribution in [0.5, 0.6) is 0 Å². The van der Waals surface area contributed by atoms with E-state index in [1.165, 1.54) is 0 Å². The van der Waals surface area contributed by atoms with Crippen LogP contribution in [0.4, 0.5) is 5.69 Å². The molecule has 1 saturated heterocycles. The number of hydrogen-bond acceptors (Lipinski definition) is 2. The smallest absolute Gasteiger partial charge is 0.0514 e. The Bertz CT molecular complexity index is 364. The lowest BCUT2D eigenvalue weighted by Gasteiger charge is -2.21. The van der Waals surface area contributed by atoms with Crippen LogP contribution in [0.3, 0.4) is 0 Å². The van der Waals surface area contributed by atoms with E-state index in [1.54, 1.807) is 0 Å². The topological polar surface area (TPSA) is 21.3 Å². The van der Waals surface area contributed by atoms with Gasteiger partial charge in [-0.15, -0.1) is 0 Å².